The third-order valence-electron chi connectivity index (χ3n) is 4.40. The molecule has 1 aromatic heterocycles. The van der Waals surface area contributed by atoms with Gasteiger partial charge in [0.2, 0.25) is 0 Å². The van der Waals surface area contributed by atoms with E-state index in [-0.39, 0.29) is 0 Å². The predicted octanol–water partition coefficient (Wildman–Crippen LogP) is 2.99. The van der Waals surface area contributed by atoms with Crippen LogP contribution in [0.25, 0.3) is 0 Å². The van der Waals surface area contributed by atoms with Gasteiger partial charge in [0.1, 0.15) is 5.82 Å². The van der Waals surface area contributed by atoms with Crippen LogP contribution in [0.4, 0.5) is 11.5 Å². The minimum atomic E-state index is 0.507. The Labute approximate surface area is 126 Å². The van der Waals surface area contributed by atoms with Crippen LogP contribution in [0, 0.1) is 0 Å². The van der Waals surface area contributed by atoms with Crippen molar-refractivity contribution >= 4 is 11.5 Å². The van der Waals surface area contributed by atoms with Crippen LogP contribution >= 0.6 is 0 Å². The van der Waals surface area contributed by atoms with Crippen LogP contribution in [0.2, 0.25) is 0 Å². The summed E-state index contributed by atoms with van der Waals surface area (Å²) in [6, 6.07) is 11.3. The van der Waals surface area contributed by atoms with Gasteiger partial charge in [0.25, 0.3) is 0 Å². The minimum absolute atomic E-state index is 0.507. The topological polar surface area (TPSA) is 47.1 Å². The molecule has 1 atom stereocenters. The summed E-state index contributed by atoms with van der Waals surface area (Å²) >= 11 is 0. The smallest absolute Gasteiger partial charge is 0.150 e. The van der Waals surface area contributed by atoms with E-state index in [9.17, 15) is 0 Å². The Kier molecular flexibility index (Phi) is 4.13. The Morgan fingerprint density at radius 1 is 1.19 bits per heavy atom. The van der Waals surface area contributed by atoms with Gasteiger partial charge in [-0.3, -0.25) is 4.68 Å². The predicted molar refractivity (Wildman–Crippen MR) is 87.4 cm³/mol. The zero-order valence-corrected chi connectivity index (χ0v) is 12.7. The number of nitrogens with two attached hydrogens (primary N) is 1. The standard InChI is InChI=1S/C17H24N4/c1-20-17(16(18)13-19-20)21-11-7-3-6-10-15(21)12-14-8-4-2-5-9-14/h2,4-5,8-9,13,15H,3,6-7,10-12,18H2,1H3/t15-/m1/s1. The van der Waals surface area contributed by atoms with Crippen LogP contribution in [0.1, 0.15) is 31.2 Å². The fraction of sp³-hybridized carbons (Fsp3) is 0.471. The highest BCUT2D eigenvalue weighted by Crippen LogP contribution is 2.29. The lowest BCUT2D eigenvalue weighted by Gasteiger charge is -2.32. The highest BCUT2D eigenvalue weighted by atomic mass is 15.4. The van der Waals surface area contributed by atoms with Gasteiger partial charge in [-0.25, -0.2) is 0 Å². The summed E-state index contributed by atoms with van der Waals surface area (Å²) < 4.78 is 1.92. The van der Waals surface area contributed by atoms with Crippen LogP contribution in [0.5, 0.6) is 0 Å². The molecule has 1 aliphatic rings. The molecule has 0 amide bonds. The van der Waals surface area contributed by atoms with Crippen molar-refractivity contribution in [3.8, 4) is 0 Å². The van der Waals surface area contributed by atoms with E-state index >= 15 is 0 Å². The molecule has 0 saturated carbocycles. The van der Waals surface area contributed by atoms with Gasteiger partial charge in [0, 0.05) is 19.6 Å². The van der Waals surface area contributed by atoms with Crippen LogP contribution in [0.3, 0.4) is 0 Å². The Morgan fingerprint density at radius 3 is 2.71 bits per heavy atom. The molecule has 112 valence electrons. The van der Waals surface area contributed by atoms with Gasteiger partial charge in [-0.2, -0.15) is 5.10 Å². The minimum Gasteiger partial charge on any atom is -0.394 e. The summed E-state index contributed by atoms with van der Waals surface area (Å²) in [6.07, 6.45) is 7.89. The van der Waals surface area contributed by atoms with Gasteiger partial charge >= 0.3 is 0 Å². The van der Waals surface area contributed by atoms with Crippen molar-refractivity contribution < 1.29 is 0 Å². The van der Waals surface area contributed by atoms with E-state index in [0.29, 0.717) is 6.04 Å². The second-order valence-electron chi connectivity index (χ2n) is 5.93. The van der Waals surface area contributed by atoms with Crippen molar-refractivity contribution in [2.24, 2.45) is 7.05 Å². The van der Waals surface area contributed by atoms with Gasteiger partial charge in [-0.05, 0) is 24.8 Å². The summed E-state index contributed by atoms with van der Waals surface area (Å²) in [7, 11) is 1.98. The van der Waals surface area contributed by atoms with Gasteiger partial charge < -0.3 is 10.6 Å². The monoisotopic (exact) mass is 284 g/mol. The highest BCUT2D eigenvalue weighted by Gasteiger charge is 2.25. The molecule has 0 aliphatic carbocycles. The van der Waals surface area contributed by atoms with Gasteiger partial charge in [-0.1, -0.05) is 43.2 Å². The molecule has 21 heavy (non-hydrogen) atoms. The molecule has 4 heteroatoms. The SMILES string of the molecule is Cn1ncc(N)c1N1CCCCC[C@@H]1Cc1ccccc1. The van der Waals surface area contributed by atoms with Crippen molar-refractivity contribution in [1.29, 1.82) is 0 Å². The molecule has 2 N–H and O–H groups in total. The maximum atomic E-state index is 6.15. The second kappa shape index (κ2) is 6.20. The molecule has 0 spiro atoms. The van der Waals surface area contributed by atoms with Crippen molar-refractivity contribution in [3.05, 3.63) is 42.1 Å². The van der Waals surface area contributed by atoms with E-state index in [2.05, 4.69) is 40.3 Å². The van der Waals surface area contributed by atoms with Crippen LogP contribution in [-0.2, 0) is 13.5 Å². The highest BCUT2D eigenvalue weighted by molar-refractivity contribution is 5.63. The summed E-state index contributed by atoms with van der Waals surface area (Å²) in [5, 5.41) is 4.31. The first-order chi connectivity index (χ1) is 10.3. The zero-order valence-electron chi connectivity index (χ0n) is 12.7. The number of hydrogen-bond acceptors (Lipinski definition) is 3. The molecular formula is C17H24N4. The summed E-state index contributed by atoms with van der Waals surface area (Å²) in [6.45, 7) is 1.07. The molecule has 1 fully saturated rings. The van der Waals surface area contributed by atoms with Crippen LogP contribution in [0.15, 0.2) is 36.5 Å². The van der Waals surface area contributed by atoms with Crippen molar-refractivity contribution in [3.63, 3.8) is 0 Å². The quantitative estimate of drug-likeness (QED) is 0.942. The maximum absolute atomic E-state index is 6.15. The number of nitrogen functional groups attached to an aromatic ring is 1. The molecular weight excluding hydrogens is 260 g/mol. The Morgan fingerprint density at radius 2 is 2.00 bits per heavy atom. The lowest BCUT2D eigenvalue weighted by atomic mass is 10.0. The van der Waals surface area contributed by atoms with Crippen LogP contribution < -0.4 is 10.6 Å². The largest absolute Gasteiger partial charge is 0.394 e. The van der Waals surface area contributed by atoms with E-state index < -0.39 is 0 Å². The zero-order chi connectivity index (χ0) is 14.7. The Balaban J connectivity index is 1.87. The first-order valence-electron chi connectivity index (χ1n) is 7.84. The fourth-order valence-corrected chi connectivity index (χ4v) is 3.35. The first kappa shape index (κ1) is 14.0. The third-order valence-corrected chi connectivity index (χ3v) is 4.40. The molecule has 0 bridgehead atoms. The number of benzene rings is 1. The van der Waals surface area contributed by atoms with Gasteiger partial charge in [-0.15, -0.1) is 0 Å². The van der Waals surface area contributed by atoms with Crippen molar-refractivity contribution in [2.75, 3.05) is 17.2 Å². The lowest BCUT2D eigenvalue weighted by Crippen LogP contribution is -2.38. The second-order valence-corrected chi connectivity index (χ2v) is 5.93. The molecule has 3 rings (SSSR count). The van der Waals surface area contributed by atoms with Crippen molar-refractivity contribution in [2.45, 2.75) is 38.1 Å². The summed E-state index contributed by atoms with van der Waals surface area (Å²) in [5.41, 5.74) is 8.34. The molecule has 4 nitrogen and oxygen atoms in total. The summed E-state index contributed by atoms with van der Waals surface area (Å²) in [4.78, 5) is 2.47. The number of anilines is 2. The number of nitrogens with zero attached hydrogens (tertiary/aromatic N) is 3. The van der Waals surface area contributed by atoms with Gasteiger partial charge in [0.15, 0.2) is 0 Å². The van der Waals surface area contributed by atoms with E-state index in [1.54, 1.807) is 6.20 Å². The molecule has 1 aromatic carbocycles. The Hall–Kier alpha value is -1.97. The molecule has 2 aromatic rings. The van der Waals surface area contributed by atoms with Crippen molar-refractivity contribution in [1.82, 2.24) is 9.78 Å². The van der Waals surface area contributed by atoms with E-state index in [1.165, 1.54) is 31.2 Å². The van der Waals surface area contributed by atoms with E-state index in [4.69, 9.17) is 5.73 Å². The molecule has 0 unspecified atom stereocenters. The molecule has 0 radical (unpaired) electrons. The first-order valence-corrected chi connectivity index (χ1v) is 7.84. The number of aryl methyl sites for hydroxylation is 1. The lowest BCUT2D eigenvalue weighted by molar-refractivity contribution is 0.553. The maximum Gasteiger partial charge on any atom is 0.150 e. The molecule has 2 heterocycles. The normalized spacial score (nSPS) is 19.5. The summed E-state index contributed by atoms with van der Waals surface area (Å²) in [5.74, 6) is 1.08. The molecule has 1 aliphatic heterocycles. The number of hydrogen-bond donors (Lipinski definition) is 1. The average molecular weight is 284 g/mol. The van der Waals surface area contributed by atoms with E-state index in [1.807, 2.05) is 11.7 Å². The third kappa shape index (κ3) is 3.04. The van der Waals surface area contributed by atoms with Crippen LogP contribution in [-0.4, -0.2) is 22.4 Å². The fourth-order valence-electron chi connectivity index (χ4n) is 3.35. The number of aromatic nitrogens is 2. The average Bonchev–Trinajstić information content (AvgIpc) is 2.70. The molecule has 1 saturated heterocycles. The Bertz CT molecular complexity index is 556. The number of rotatable bonds is 3. The van der Waals surface area contributed by atoms with Gasteiger partial charge in [0.05, 0.1) is 11.9 Å². The van der Waals surface area contributed by atoms with E-state index in [0.717, 1.165) is 24.5 Å².